The number of fused-ring (bicyclic) bond motifs is 2. The van der Waals surface area contributed by atoms with Crippen LogP contribution in [0, 0.1) is 5.92 Å². The van der Waals surface area contributed by atoms with Crippen molar-refractivity contribution in [1.29, 1.82) is 0 Å². The summed E-state index contributed by atoms with van der Waals surface area (Å²) in [6, 6.07) is 14.2. The minimum Gasteiger partial charge on any atom is -0.493 e. The Labute approximate surface area is 229 Å². The van der Waals surface area contributed by atoms with Gasteiger partial charge in [-0.25, -0.2) is 9.66 Å². The molecule has 0 aliphatic carbocycles. The summed E-state index contributed by atoms with van der Waals surface area (Å²) in [4.78, 5) is 31.0. The first-order valence-corrected chi connectivity index (χ1v) is 13.1. The van der Waals surface area contributed by atoms with Gasteiger partial charge >= 0.3 is 12.1 Å². The second kappa shape index (κ2) is 11.9. The van der Waals surface area contributed by atoms with Crippen molar-refractivity contribution >= 4 is 17.8 Å². The van der Waals surface area contributed by atoms with Crippen LogP contribution in [0.25, 0.3) is 0 Å². The van der Waals surface area contributed by atoms with Crippen LogP contribution in [0.3, 0.4) is 0 Å². The van der Waals surface area contributed by atoms with Gasteiger partial charge in [0.25, 0.3) is 0 Å². The molecule has 0 saturated carbocycles. The molecule has 1 atom stereocenters. The van der Waals surface area contributed by atoms with Crippen molar-refractivity contribution in [3.8, 4) is 5.75 Å². The molecule has 2 aromatic carbocycles. The maximum atomic E-state index is 13.4. The molecule has 9 nitrogen and oxygen atoms in total. The number of imidazole rings is 1. The molecule has 40 heavy (non-hydrogen) atoms. The fourth-order valence-electron chi connectivity index (χ4n) is 4.86. The molecule has 0 unspecified atom stereocenters. The van der Waals surface area contributed by atoms with Crippen molar-refractivity contribution in [1.82, 2.24) is 14.6 Å². The third-order valence-corrected chi connectivity index (χ3v) is 6.77. The number of rotatable bonds is 9. The van der Waals surface area contributed by atoms with Crippen molar-refractivity contribution in [2.45, 2.75) is 38.6 Å². The first kappa shape index (κ1) is 27.4. The highest BCUT2D eigenvalue weighted by Crippen LogP contribution is 2.30. The van der Waals surface area contributed by atoms with Crippen LogP contribution in [0.4, 0.5) is 19.1 Å². The third kappa shape index (κ3) is 7.04. The van der Waals surface area contributed by atoms with Crippen LogP contribution in [-0.4, -0.2) is 58.9 Å². The summed E-state index contributed by atoms with van der Waals surface area (Å²) < 4.78 is 53.2. The van der Waals surface area contributed by atoms with Gasteiger partial charge < -0.3 is 25.1 Å². The largest absolute Gasteiger partial charge is 0.493 e. The first-order chi connectivity index (χ1) is 19.2. The van der Waals surface area contributed by atoms with E-state index in [0.717, 1.165) is 35.2 Å². The molecule has 2 aliphatic rings. The van der Waals surface area contributed by atoms with Crippen molar-refractivity contribution in [2.75, 3.05) is 37.0 Å². The second-order valence-electron chi connectivity index (χ2n) is 9.85. The van der Waals surface area contributed by atoms with Gasteiger partial charge in [0.1, 0.15) is 18.9 Å². The Hall–Kier alpha value is -4.22. The number of ether oxygens (including phenoxy) is 2. The standard InChI is InChI=1S/C28H30F3N5O4/c29-28(30,31)18-35-15-22-13-24(39-11-8-23-16-36-27(34-23)32-9-10-33-36)7-6-20(22)12-21(26(35)38)14-25(37)40-17-19-4-2-1-3-5-19/h1-7,13,16,21,33H,8-12,14-15,17-18H2,(H,32,34)/t21-/m0/s1. The minimum atomic E-state index is -4.58. The lowest BCUT2D eigenvalue weighted by molar-refractivity contribution is -0.166. The molecule has 0 saturated heterocycles. The van der Waals surface area contributed by atoms with Gasteiger partial charge in [0, 0.05) is 26.1 Å². The zero-order valence-electron chi connectivity index (χ0n) is 21.7. The first-order valence-electron chi connectivity index (χ1n) is 13.1. The Morgan fingerprint density at radius 3 is 2.70 bits per heavy atom. The maximum absolute atomic E-state index is 13.4. The van der Waals surface area contributed by atoms with Crippen LogP contribution in [0.5, 0.6) is 5.75 Å². The predicted octanol–water partition coefficient (Wildman–Crippen LogP) is 3.67. The van der Waals surface area contributed by atoms with E-state index in [1.54, 1.807) is 42.5 Å². The van der Waals surface area contributed by atoms with Crippen LogP contribution >= 0.6 is 0 Å². The number of anilines is 1. The summed E-state index contributed by atoms with van der Waals surface area (Å²) >= 11 is 0. The molecule has 212 valence electrons. The van der Waals surface area contributed by atoms with Crippen LogP contribution in [0.15, 0.2) is 54.7 Å². The number of hydrogen-bond acceptors (Lipinski definition) is 7. The van der Waals surface area contributed by atoms with Gasteiger partial charge in [0.05, 0.1) is 30.8 Å². The van der Waals surface area contributed by atoms with E-state index in [4.69, 9.17) is 9.47 Å². The predicted molar refractivity (Wildman–Crippen MR) is 140 cm³/mol. The molecule has 0 bridgehead atoms. The monoisotopic (exact) mass is 557 g/mol. The summed E-state index contributed by atoms with van der Waals surface area (Å²) in [6.45, 7) is 0.281. The molecule has 12 heteroatoms. The zero-order chi connectivity index (χ0) is 28.1. The molecular formula is C28H30F3N5O4. The van der Waals surface area contributed by atoms with Gasteiger partial charge in [0.15, 0.2) is 0 Å². The molecule has 0 spiro atoms. The van der Waals surface area contributed by atoms with Gasteiger partial charge in [-0.2, -0.15) is 13.2 Å². The molecular weight excluding hydrogens is 527 g/mol. The van der Waals surface area contributed by atoms with Gasteiger partial charge in [-0.15, -0.1) is 0 Å². The van der Waals surface area contributed by atoms with E-state index in [2.05, 4.69) is 15.7 Å². The van der Waals surface area contributed by atoms with E-state index >= 15 is 0 Å². The summed E-state index contributed by atoms with van der Waals surface area (Å²) in [5, 5.41) is 3.19. The minimum absolute atomic E-state index is 0.0265. The average molecular weight is 558 g/mol. The molecule has 2 N–H and O–H groups in total. The average Bonchev–Trinajstić information content (AvgIpc) is 3.29. The number of nitrogens with zero attached hydrogens (tertiary/aromatic N) is 3. The summed E-state index contributed by atoms with van der Waals surface area (Å²) in [6.07, 6.45) is -2.35. The van der Waals surface area contributed by atoms with Crippen molar-refractivity contribution in [3.05, 3.63) is 77.1 Å². The number of carbonyl (C=O) groups is 2. The summed E-state index contributed by atoms with van der Waals surface area (Å²) in [7, 11) is 0. The van der Waals surface area contributed by atoms with E-state index in [1.165, 1.54) is 0 Å². The maximum Gasteiger partial charge on any atom is 0.406 e. The molecule has 1 aromatic heterocycles. The summed E-state index contributed by atoms with van der Waals surface area (Å²) in [5.41, 5.74) is 6.06. The van der Waals surface area contributed by atoms with Gasteiger partial charge in [-0.05, 0) is 35.2 Å². The van der Waals surface area contributed by atoms with E-state index in [9.17, 15) is 22.8 Å². The molecule has 3 heterocycles. The molecule has 0 fully saturated rings. The number of aromatic nitrogens is 2. The Bertz CT molecular complexity index is 1320. The van der Waals surface area contributed by atoms with Gasteiger partial charge in [-0.1, -0.05) is 36.4 Å². The Morgan fingerprint density at radius 1 is 1.10 bits per heavy atom. The molecule has 5 rings (SSSR count). The zero-order valence-corrected chi connectivity index (χ0v) is 21.7. The van der Waals surface area contributed by atoms with Crippen molar-refractivity contribution in [2.24, 2.45) is 5.92 Å². The lowest BCUT2D eigenvalue weighted by Gasteiger charge is -2.25. The van der Waals surface area contributed by atoms with E-state index in [1.807, 2.05) is 16.9 Å². The normalized spacial score (nSPS) is 16.7. The number of esters is 1. The van der Waals surface area contributed by atoms with Crippen LogP contribution in [0.1, 0.15) is 28.8 Å². The molecule has 1 amide bonds. The molecule has 3 aromatic rings. The number of hydrogen-bond donors (Lipinski definition) is 2. The summed E-state index contributed by atoms with van der Waals surface area (Å²) in [5.74, 6) is -1.10. The number of benzene rings is 2. The topological polar surface area (TPSA) is 97.7 Å². The smallest absolute Gasteiger partial charge is 0.406 e. The van der Waals surface area contributed by atoms with Crippen molar-refractivity contribution < 1.29 is 32.2 Å². The van der Waals surface area contributed by atoms with Crippen LogP contribution < -0.4 is 15.5 Å². The van der Waals surface area contributed by atoms with Crippen LogP contribution in [-0.2, 0) is 40.3 Å². The number of nitrogens with one attached hydrogen (secondary N) is 2. The number of carbonyl (C=O) groups excluding carboxylic acids is 2. The van der Waals surface area contributed by atoms with Crippen molar-refractivity contribution in [3.63, 3.8) is 0 Å². The van der Waals surface area contributed by atoms with Gasteiger partial charge in [-0.3, -0.25) is 9.59 Å². The van der Waals surface area contributed by atoms with Crippen LogP contribution in [0.2, 0.25) is 0 Å². The quantitative estimate of drug-likeness (QED) is 0.388. The lowest BCUT2D eigenvalue weighted by Crippen LogP contribution is -2.41. The van der Waals surface area contributed by atoms with E-state index < -0.39 is 30.5 Å². The third-order valence-electron chi connectivity index (χ3n) is 6.77. The van der Waals surface area contributed by atoms with Gasteiger partial charge in [0.2, 0.25) is 11.9 Å². The highest BCUT2D eigenvalue weighted by atomic mass is 19.4. The highest BCUT2D eigenvalue weighted by molar-refractivity contribution is 5.84. The SMILES string of the molecule is O=C(C[C@@H]1Cc2ccc(OCCc3cn4c(n3)NCCN4)cc2CN(CC(F)(F)F)C1=O)OCc1ccccc1. The molecule has 2 aliphatic heterocycles. The molecule has 0 radical (unpaired) electrons. The number of alkyl halides is 3. The second-order valence-corrected chi connectivity index (χ2v) is 9.85. The lowest BCUT2D eigenvalue weighted by atomic mass is 9.94. The number of halogens is 3. The highest BCUT2D eigenvalue weighted by Gasteiger charge is 2.38. The Morgan fingerprint density at radius 2 is 1.93 bits per heavy atom. The fourth-order valence-corrected chi connectivity index (χ4v) is 4.86. The Balaban J connectivity index is 1.25. The Kier molecular flexibility index (Phi) is 8.13. The fraction of sp³-hybridized carbons (Fsp3) is 0.393. The van der Waals surface area contributed by atoms with E-state index in [-0.39, 0.29) is 26.0 Å². The van der Waals surface area contributed by atoms with E-state index in [0.29, 0.717) is 29.9 Å². The number of amides is 1.